The third-order valence-electron chi connectivity index (χ3n) is 6.04. The van der Waals surface area contributed by atoms with Crippen LogP contribution in [0.1, 0.15) is 24.2 Å². The Morgan fingerprint density at radius 2 is 1.70 bits per heavy atom. The normalized spacial score (nSPS) is 19.7. The maximum Gasteiger partial charge on any atom is 0.227 e. The predicted octanol–water partition coefficient (Wildman–Crippen LogP) is 2.67. The van der Waals surface area contributed by atoms with Crippen molar-refractivity contribution in [1.29, 1.82) is 0 Å². The van der Waals surface area contributed by atoms with E-state index in [2.05, 4.69) is 25.8 Å². The molecule has 160 valence electrons. The first-order valence-corrected chi connectivity index (χ1v) is 10.8. The number of amides is 1. The second kappa shape index (κ2) is 8.90. The van der Waals surface area contributed by atoms with Crippen LogP contribution in [0.15, 0.2) is 30.3 Å². The summed E-state index contributed by atoms with van der Waals surface area (Å²) in [7, 11) is 1.70. The minimum Gasteiger partial charge on any atom is -0.495 e. The molecule has 2 aliphatic heterocycles. The number of aromatic nitrogens is 2. The molecule has 0 aliphatic carbocycles. The van der Waals surface area contributed by atoms with Gasteiger partial charge in [0.05, 0.1) is 18.7 Å². The van der Waals surface area contributed by atoms with E-state index in [-0.39, 0.29) is 11.8 Å². The number of rotatable bonds is 4. The third-order valence-corrected chi connectivity index (χ3v) is 6.04. The summed E-state index contributed by atoms with van der Waals surface area (Å²) in [5.74, 6) is 1.92. The van der Waals surface area contributed by atoms with Crippen molar-refractivity contribution in [3.8, 4) is 5.75 Å². The van der Waals surface area contributed by atoms with Gasteiger partial charge < -0.3 is 19.4 Å². The Labute approximate surface area is 178 Å². The summed E-state index contributed by atoms with van der Waals surface area (Å²) in [4.78, 5) is 28.9. The monoisotopic (exact) mass is 409 g/mol. The summed E-state index contributed by atoms with van der Waals surface area (Å²) in [5.41, 5.74) is 3.04. The fourth-order valence-corrected chi connectivity index (χ4v) is 4.53. The summed E-state index contributed by atoms with van der Waals surface area (Å²) < 4.78 is 5.50. The molecule has 2 aliphatic rings. The maximum absolute atomic E-state index is 13.2. The van der Waals surface area contributed by atoms with Gasteiger partial charge in [-0.3, -0.25) is 4.79 Å². The van der Waals surface area contributed by atoms with Crippen molar-refractivity contribution in [3.63, 3.8) is 0 Å². The van der Waals surface area contributed by atoms with Gasteiger partial charge in [0.2, 0.25) is 11.9 Å². The highest BCUT2D eigenvalue weighted by Crippen LogP contribution is 2.29. The van der Waals surface area contributed by atoms with Crippen LogP contribution < -0.4 is 14.5 Å². The van der Waals surface area contributed by atoms with E-state index in [1.807, 2.05) is 43.0 Å². The van der Waals surface area contributed by atoms with Crippen LogP contribution in [0.3, 0.4) is 0 Å². The molecule has 1 amide bonds. The van der Waals surface area contributed by atoms with Crippen LogP contribution in [-0.4, -0.2) is 67.2 Å². The smallest absolute Gasteiger partial charge is 0.227 e. The van der Waals surface area contributed by atoms with E-state index >= 15 is 0 Å². The summed E-state index contributed by atoms with van der Waals surface area (Å²) in [6.45, 7) is 8.73. The maximum atomic E-state index is 13.2. The SMILES string of the molecule is COc1ccccc1N1CCN(C(=O)[C@@H]2CCCN(c3nc(C)cc(C)n3)C2)CC1. The van der Waals surface area contributed by atoms with Gasteiger partial charge in [-0.15, -0.1) is 0 Å². The van der Waals surface area contributed by atoms with Gasteiger partial charge in [0.15, 0.2) is 0 Å². The fourth-order valence-electron chi connectivity index (χ4n) is 4.53. The molecule has 2 saturated heterocycles. The average Bonchev–Trinajstić information content (AvgIpc) is 2.78. The second-order valence-corrected chi connectivity index (χ2v) is 8.22. The zero-order valence-corrected chi connectivity index (χ0v) is 18.2. The molecule has 7 heteroatoms. The van der Waals surface area contributed by atoms with Gasteiger partial charge in [-0.05, 0) is 44.9 Å². The molecule has 1 aromatic heterocycles. The first-order chi connectivity index (χ1) is 14.5. The molecule has 0 N–H and O–H groups in total. The van der Waals surface area contributed by atoms with Gasteiger partial charge in [-0.2, -0.15) is 0 Å². The number of hydrogen-bond acceptors (Lipinski definition) is 6. The minimum absolute atomic E-state index is 0.0148. The molecule has 3 heterocycles. The Bertz CT molecular complexity index is 875. The zero-order chi connectivity index (χ0) is 21.1. The van der Waals surface area contributed by atoms with Crippen molar-refractivity contribution in [2.45, 2.75) is 26.7 Å². The number of methoxy groups -OCH3 is 1. The molecule has 2 aromatic rings. The highest BCUT2D eigenvalue weighted by atomic mass is 16.5. The lowest BCUT2D eigenvalue weighted by Crippen LogP contribution is -2.52. The summed E-state index contributed by atoms with van der Waals surface area (Å²) in [6.07, 6.45) is 1.93. The van der Waals surface area contributed by atoms with E-state index in [0.29, 0.717) is 6.54 Å². The lowest BCUT2D eigenvalue weighted by atomic mass is 9.96. The lowest BCUT2D eigenvalue weighted by molar-refractivity contribution is -0.136. The van der Waals surface area contributed by atoms with Crippen LogP contribution in [0.5, 0.6) is 5.75 Å². The molecule has 4 rings (SSSR count). The summed E-state index contributed by atoms with van der Waals surface area (Å²) in [6, 6.07) is 10.1. The summed E-state index contributed by atoms with van der Waals surface area (Å²) >= 11 is 0. The van der Waals surface area contributed by atoms with Crippen molar-refractivity contribution < 1.29 is 9.53 Å². The molecule has 7 nitrogen and oxygen atoms in total. The molecule has 0 bridgehead atoms. The Kier molecular flexibility index (Phi) is 6.06. The number of carbonyl (C=O) groups excluding carboxylic acids is 1. The molecular weight excluding hydrogens is 378 g/mol. The molecule has 30 heavy (non-hydrogen) atoms. The van der Waals surface area contributed by atoms with E-state index in [9.17, 15) is 4.79 Å². The van der Waals surface area contributed by atoms with Gasteiger partial charge in [0.1, 0.15) is 5.75 Å². The topological polar surface area (TPSA) is 61.8 Å². The zero-order valence-electron chi connectivity index (χ0n) is 18.2. The number of anilines is 2. The highest BCUT2D eigenvalue weighted by molar-refractivity contribution is 5.80. The van der Waals surface area contributed by atoms with Gasteiger partial charge >= 0.3 is 0 Å². The van der Waals surface area contributed by atoms with E-state index in [1.54, 1.807) is 7.11 Å². The number of ether oxygens (including phenoxy) is 1. The van der Waals surface area contributed by atoms with Gasteiger partial charge in [0.25, 0.3) is 0 Å². The first-order valence-electron chi connectivity index (χ1n) is 10.8. The first kappa shape index (κ1) is 20.4. The van der Waals surface area contributed by atoms with E-state index in [0.717, 1.165) is 74.3 Å². The molecule has 0 spiro atoms. The van der Waals surface area contributed by atoms with Crippen LogP contribution in [0.4, 0.5) is 11.6 Å². The molecule has 0 saturated carbocycles. The predicted molar refractivity (Wildman–Crippen MR) is 118 cm³/mol. The van der Waals surface area contributed by atoms with Crippen LogP contribution >= 0.6 is 0 Å². The van der Waals surface area contributed by atoms with Gasteiger partial charge in [-0.1, -0.05) is 12.1 Å². The van der Waals surface area contributed by atoms with Crippen molar-refractivity contribution in [2.24, 2.45) is 5.92 Å². The van der Waals surface area contributed by atoms with Crippen LogP contribution in [0.2, 0.25) is 0 Å². The van der Waals surface area contributed by atoms with Crippen molar-refractivity contribution in [2.75, 3.05) is 56.2 Å². The molecule has 1 atom stereocenters. The molecule has 2 fully saturated rings. The van der Waals surface area contributed by atoms with Crippen LogP contribution in [-0.2, 0) is 4.79 Å². The third kappa shape index (κ3) is 4.35. The molecule has 0 unspecified atom stereocenters. The van der Waals surface area contributed by atoms with E-state index in [4.69, 9.17) is 4.74 Å². The summed E-state index contributed by atoms with van der Waals surface area (Å²) in [5, 5.41) is 0. The fraction of sp³-hybridized carbons (Fsp3) is 0.522. The number of hydrogen-bond donors (Lipinski definition) is 0. The van der Waals surface area contributed by atoms with Crippen molar-refractivity contribution >= 4 is 17.5 Å². The van der Waals surface area contributed by atoms with Crippen LogP contribution in [0, 0.1) is 19.8 Å². The molecule has 0 radical (unpaired) electrons. The van der Waals surface area contributed by atoms with Crippen molar-refractivity contribution in [3.05, 3.63) is 41.7 Å². The number of piperidine rings is 1. The molecule has 1 aromatic carbocycles. The number of para-hydroxylation sites is 2. The minimum atomic E-state index is 0.0148. The Morgan fingerprint density at radius 1 is 1.00 bits per heavy atom. The standard InChI is InChI=1S/C23H31N5O2/c1-17-15-18(2)25-23(24-17)28-10-6-7-19(16-28)22(29)27-13-11-26(12-14-27)20-8-4-5-9-21(20)30-3/h4-5,8-9,15,19H,6-7,10-14,16H2,1-3H3/t19-/m1/s1. The number of benzene rings is 1. The number of nitrogens with zero attached hydrogens (tertiary/aromatic N) is 5. The number of carbonyl (C=O) groups is 1. The van der Waals surface area contributed by atoms with Crippen molar-refractivity contribution in [1.82, 2.24) is 14.9 Å². The average molecular weight is 410 g/mol. The largest absolute Gasteiger partial charge is 0.495 e. The second-order valence-electron chi connectivity index (χ2n) is 8.22. The van der Waals surface area contributed by atoms with Gasteiger partial charge in [-0.25, -0.2) is 9.97 Å². The van der Waals surface area contributed by atoms with Crippen LogP contribution in [0.25, 0.3) is 0 Å². The number of piperazine rings is 1. The Morgan fingerprint density at radius 3 is 2.40 bits per heavy atom. The molecular formula is C23H31N5O2. The Balaban J connectivity index is 1.38. The van der Waals surface area contributed by atoms with E-state index < -0.39 is 0 Å². The van der Waals surface area contributed by atoms with Gasteiger partial charge in [0, 0.05) is 50.7 Å². The highest BCUT2D eigenvalue weighted by Gasteiger charge is 2.32. The van der Waals surface area contributed by atoms with E-state index in [1.165, 1.54) is 0 Å². The Hall–Kier alpha value is -2.83. The quantitative estimate of drug-likeness (QED) is 0.774. The number of aryl methyl sites for hydroxylation is 2. The lowest BCUT2D eigenvalue weighted by Gasteiger charge is -2.40.